The first-order valence-electron chi connectivity index (χ1n) is 11.7. The van der Waals surface area contributed by atoms with Crippen molar-refractivity contribution < 1.29 is 14.3 Å². The van der Waals surface area contributed by atoms with Crippen molar-refractivity contribution in [2.75, 3.05) is 13.2 Å². The summed E-state index contributed by atoms with van der Waals surface area (Å²) in [5.41, 5.74) is 6.02. The Labute approximate surface area is 195 Å². The average molecular weight is 442 g/mol. The first-order chi connectivity index (χ1) is 16.2. The van der Waals surface area contributed by atoms with Gasteiger partial charge in [0.1, 0.15) is 5.75 Å². The first kappa shape index (κ1) is 22.7. The molecule has 0 aliphatic heterocycles. The van der Waals surface area contributed by atoms with Gasteiger partial charge in [-0.2, -0.15) is 0 Å². The molecule has 0 aliphatic rings. The van der Waals surface area contributed by atoms with Gasteiger partial charge in [0.05, 0.1) is 18.7 Å². The summed E-state index contributed by atoms with van der Waals surface area (Å²) >= 11 is 0. The molecule has 1 aromatic heterocycles. The number of aromatic nitrogens is 1. The van der Waals surface area contributed by atoms with Crippen LogP contribution >= 0.6 is 0 Å². The summed E-state index contributed by atoms with van der Waals surface area (Å²) in [6.45, 7) is 4.90. The van der Waals surface area contributed by atoms with Crippen molar-refractivity contribution in [3.63, 3.8) is 0 Å². The Balaban J connectivity index is 1.68. The van der Waals surface area contributed by atoms with Crippen LogP contribution in [-0.4, -0.2) is 23.8 Å². The van der Waals surface area contributed by atoms with Crippen molar-refractivity contribution in [1.29, 1.82) is 0 Å². The van der Waals surface area contributed by atoms with E-state index < -0.39 is 0 Å². The molecule has 170 valence electrons. The number of rotatable bonds is 10. The minimum Gasteiger partial charge on any atom is -0.494 e. The van der Waals surface area contributed by atoms with E-state index in [0.29, 0.717) is 26.1 Å². The fourth-order valence-corrected chi connectivity index (χ4v) is 4.21. The Morgan fingerprint density at radius 3 is 2.45 bits per heavy atom. The number of hydrogen-bond donors (Lipinski definition) is 0. The molecule has 0 saturated carbocycles. The van der Waals surface area contributed by atoms with Crippen molar-refractivity contribution in [3.05, 3.63) is 95.7 Å². The molecule has 0 aliphatic carbocycles. The third-order valence-corrected chi connectivity index (χ3v) is 5.81. The summed E-state index contributed by atoms with van der Waals surface area (Å²) in [5.74, 6) is 0.723. The van der Waals surface area contributed by atoms with Gasteiger partial charge in [-0.25, -0.2) is 0 Å². The number of nitrogens with zero attached hydrogens (tertiary/aromatic N) is 1. The highest BCUT2D eigenvalue weighted by Crippen LogP contribution is 2.29. The monoisotopic (exact) mass is 441 g/mol. The lowest BCUT2D eigenvalue weighted by Gasteiger charge is -2.09. The number of carbonyl (C=O) groups is 1. The van der Waals surface area contributed by atoms with Crippen molar-refractivity contribution >= 4 is 16.9 Å². The predicted molar refractivity (Wildman–Crippen MR) is 133 cm³/mol. The van der Waals surface area contributed by atoms with Crippen LogP contribution in [0.5, 0.6) is 5.75 Å². The molecule has 0 atom stereocenters. The van der Waals surface area contributed by atoms with E-state index in [1.165, 1.54) is 16.5 Å². The van der Waals surface area contributed by atoms with Crippen LogP contribution in [0.4, 0.5) is 0 Å². The fraction of sp³-hybridized carbons (Fsp3) is 0.276. The van der Waals surface area contributed by atoms with Gasteiger partial charge in [-0.1, -0.05) is 42.5 Å². The van der Waals surface area contributed by atoms with E-state index in [2.05, 4.69) is 71.4 Å². The predicted octanol–water partition coefficient (Wildman–Crippen LogP) is 6.31. The van der Waals surface area contributed by atoms with E-state index in [1.54, 1.807) is 0 Å². The summed E-state index contributed by atoms with van der Waals surface area (Å²) in [6.07, 6.45) is 5.24. The van der Waals surface area contributed by atoms with Gasteiger partial charge in [0.15, 0.2) is 0 Å². The lowest BCUT2D eigenvalue weighted by molar-refractivity contribution is -0.143. The van der Waals surface area contributed by atoms with Crippen LogP contribution in [0.15, 0.2) is 79.0 Å². The van der Waals surface area contributed by atoms with Gasteiger partial charge in [0.25, 0.3) is 0 Å². The van der Waals surface area contributed by atoms with Gasteiger partial charge >= 0.3 is 5.97 Å². The topological polar surface area (TPSA) is 40.5 Å². The normalized spacial score (nSPS) is 11.0. The van der Waals surface area contributed by atoms with E-state index in [4.69, 9.17) is 9.47 Å². The van der Waals surface area contributed by atoms with E-state index in [-0.39, 0.29) is 5.97 Å². The average Bonchev–Trinajstić information content (AvgIpc) is 3.21. The molecular formula is C29H31NO3. The minimum absolute atomic E-state index is 0.146. The molecular weight excluding hydrogens is 410 g/mol. The third kappa shape index (κ3) is 5.64. The smallest absolute Gasteiger partial charge is 0.306 e. The Kier molecular flexibility index (Phi) is 7.46. The number of fused-ring (bicyclic) bond motifs is 1. The van der Waals surface area contributed by atoms with Crippen molar-refractivity contribution in [3.8, 4) is 11.4 Å². The van der Waals surface area contributed by atoms with E-state index >= 15 is 0 Å². The van der Waals surface area contributed by atoms with Crippen molar-refractivity contribution in [2.45, 2.75) is 39.5 Å². The Morgan fingerprint density at radius 2 is 1.67 bits per heavy atom. The van der Waals surface area contributed by atoms with Gasteiger partial charge in [0.2, 0.25) is 0 Å². The number of hydrogen-bond acceptors (Lipinski definition) is 3. The van der Waals surface area contributed by atoms with Crippen molar-refractivity contribution in [1.82, 2.24) is 4.57 Å². The Morgan fingerprint density at radius 1 is 0.818 bits per heavy atom. The molecule has 0 fully saturated rings. The van der Waals surface area contributed by atoms with Gasteiger partial charge in [0, 0.05) is 29.8 Å². The number of ether oxygens (including phenoxy) is 2. The first-order valence-corrected chi connectivity index (χ1v) is 11.7. The molecule has 3 aromatic carbocycles. The molecule has 0 N–H and O–H groups in total. The molecule has 4 rings (SSSR count). The van der Waals surface area contributed by atoms with Crippen LogP contribution in [0.25, 0.3) is 16.6 Å². The maximum atomic E-state index is 11.8. The van der Waals surface area contributed by atoms with Gasteiger partial charge in [-0.15, -0.1) is 0 Å². The highest BCUT2D eigenvalue weighted by molar-refractivity contribution is 5.86. The van der Waals surface area contributed by atoms with Crippen molar-refractivity contribution in [2.24, 2.45) is 0 Å². The highest BCUT2D eigenvalue weighted by atomic mass is 16.5. The van der Waals surface area contributed by atoms with E-state index in [1.807, 2.05) is 26.0 Å². The quantitative estimate of drug-likeness (QED) is 0.271. The van der Waals surface area contributed by atoms with Crippen LogP contribution < -0.4 is 4.74 Å². The van der Waals surface area contributed by atoms with E-state index in [9.17, 15) is 4.79 Å². The molecule has 1 heterocycles. The van der Waals surface area contributed by atoms with E-state index in [0.717, 1.165) is 35.4 Å². The summed E-state index contributed by atoms with van der Waals surface area (Å²) in [4.78, 5) is 11.8. The molecule has 0 radical (unpaired) electrons. The Hall–Kier alpha value is -3.53. The van der Waals surface area contributed by atoms with Crippen LogP contribution in [0.3, 0.4) is 0 Å². The summed E-state index contributed by atoms with van der Waals surface area (Å²) in [6, 6.07) is 25.3. The molecule has 33 heavy (non-hydrogen) atoms. The van der Waals surface area contributed by atoms with Gasteiger partial charge in [-0.05, 0) is 74.1 Å². The number of esters is 1. The molecule has 0 amide bonds. The molecule has 0 saturated heterocycles. The van der Waals surface area contributed by atoms with Gasteiger partial charge < -0.3 is 14.0 Å². The lowest BCUT2D eigenvalue weighted by atomic mass is 10.0. The molecule has 0 bridgehead atoms. The second-order valence-corrected chi connectivity index (χ2v) is 8.10. The molecule has 4 aromatic rings. The van der Waals surface area contributed by atoms with Crippen LogP contribution in [0.2, 0.25) is 0 Å². The summed E-state index contributed by atoms with van der Waals surface area (Å²) in [7, 11) is 0. The second kappa shape index (κ2) is 10.9. The molecule has 0 unspecified atom stereocenters. The lowest BCUT2D eigenvalue weighted by Crippen LogP contribution is -2.05. The Bertz CT molecular complexity index is 1210. The zero-order valence-corrected chi connectivity index (χ0v) is 19.4. The zero-order chi connectivity index (χ0) is 23.0. The molecule has 4 nitrogen and oxygen atoms in total. The fourth-order valence-electron chi connectivity index (χ4n) is 4.21. The summed E-state index contributed by atoms with van der Waals surface area (Å²) < 4.78 is 13.1. The zero-order valence-electron chi connectivity index (χ0n) is 19.4. The number of benzene rings is 3. The summed E-state index contributed by atoms with van der Waals surface area (Å²) in [5, 5.41) is 1.23. The number of aryl methyl sites for hydroxylation is 3. The maximum Gasteiger partial charge on any atom is 0.306 e. The number of carbonyl (C=O) groups excluding carboxylic acids is 1. The second-order valence-electron chi connectivity index (χ2n) is 8.10. The van der Waals surface area contributed by atoms with Crippen LogP contribution in [0, 0.1) is 0 Å². The maximum absolute atomic E-state index is 11.8. The molecule has 4 heteroatoms. The SMILES string of the molecule is CCOC(=O)CCc1ccc2c(c1)c(CCc1ccccc1)cn2-c1cccc(OCC)c1. The largest absolute Gasteiger partial charge is 0.494 e. The minimum atomic E-state index is -0.146. The van der Waals surface area contributed by atoms with Crippen LogP contribution in [-0.2, 0) is 28.8 Å². The van der Waals surface area contributed by atoms with Gasteiger partial charge in [-0.3, -0.25) is 4.79 Å². The standard InChI is InChI=1S/C29H31NO3/c1-3-32-26-12-8-11-25(20-26)30-21-24(16-13-22-9-6-5-7-10-22)27-19-23(14-17-28(27)30)15-18-29(31)33-4-2/h5-12,14,17,19-21H,3-4,13,15-16,18H2,1-2H3. The molecule has 0 spiro atoms. The van der Waals surface area contributed by atoms with Crippen LogP contribution in [0.1, 0.15) is 37.0 Å². The highest BCUT2D eigenvalue weighted by Gasteiger charge is 2.13. The third-order valence-electron chi connectivity index (χ3n) is 5.81.